The number of hydrogen-bond acceptors (Lipinski definition) is 4. The third-order valence-corrected chi connectivity index (χ3v) is 5.98. The summed E-state index contributed by atoms with van der Waals surface area (Å²) in [6.45, 7) is 8.79. The van der Waals surface area contributed by atoms with E-state index in [1.54, 1.807) is 26.0 Å². The van der Waals surface area contributed by atoms with Gasteiger partial charge in [0.1, 0.15) is 5.75 Å². The fraction of sp³-hybridized carbons (Fsp3) is 0.316. The van der Waals surface area contributed by atoms with Crippen LogP contribution in [0.5, 0.6) is 5.75 Å². The van der Waals surface area contributed by atoms with E-state index < -0.39 is 10.0 Å². The second-order valence-corrected chi connectivity index (χ2v) is 7.91. The summed E-state index contributed by atoms with van der Waals surface area (Å²) in [5.41, 5.74) is 4.12. The molecule has 0 aliphatic carbocycles. The van der Waals surface area contributed by atoms with Crippen LogP contribution in [-0.4, -0.2) is 21.4 Å². The second kappa shape index (κ2) is 7.37. The third kappa shape index (κ3) is 3.99. The van der Waals surface area contributed by atoms with Gasteiger partial charge in [0, 0.05) is 13.0 Å². The Labute approximate surface area is 154 Å². The highest BCUT2D eigenvalue weighted by molar-refractivity contribution is 7.92. The molecule has 2 N–H and O–H groups in total. The van der Waals surface area contributed by atoms with E-state index in [1.807, 2.05) is 19.9 Å². The lowest BCUT2D eigenvalue weighted by Crippen LogP contribution is -2.17. The van der Waals surface area contributed by atoms with Crippen LogP contribution in [0.4, 0.5) is 11.4 Å². The van der Waals surface area contributed by atoms with Crippen LogP contribution < -0.4 is 14.8 Å². The van der Waals surface area contributed by atoms with E-state index in [0.29, 0.717) is 22.0 Å². The SMILES string of the molecule is COc1cc(NS(=O)(=O)c2c(C)c(C)cc(C)c2C)ccc1NC(C)=O. The maximum Gasteiger partial charge on any atom is 0.262 e. The smallest absolute Gasteiger partial charge is 0.262 e. The van der Waals surface area contributed by atoms with Gasteiger partial charge in [0.15, 0.2) is 0 Å². The molecule has 0 spiro atoms. The Morgan fingerprint density at radius 2 is 1.58 bits per heavy atom. The molecule has 0 heterocycles. The van der Waals surface area contributed by atoms with Crippen LogP contribution in [0.25, 0.3) is 0 Å². The summed E-state index contributed by atoms with van der Waals surface area (Å²) >= 11 is 0. The van der Waals surface area contributed by atoms with Crippen molar-refractivity contribution >= 4 is 27.3 Å². The molecule has 0 aliphatic rings. The molecule has 0 saturated heterocycles. The average Bonchev–Trinajstić information content (AvgIpc) is 2.53. The van der Waals surface area contributed by atoms with Gasteiger partial charge in [-0.3, -0.25) is 9.52 Å². The zero-order valence-corrected chi connectivity index (χ0v) is 16.7. The molecular weight excluding hydrogens is 352 g/mol. The zero-order chi connectivity index (χ0) is 19.6. The summed E-state index contributed by atoms with van der Waals surface area (Å²) < 4.78 is 33.8. The Morgan fingerprint density at radius 3 is 2.08 bits per heavy atom. The molecule has 0 unspecified atom stereocenters. The summed E-state index contributed by atoms with van der Waals surface area (Å²) in [4.78, 5) is 11.5. The number of sulfonamides is 1. The van der Waals surface area contributed by atoms with Crippen LogP contribution in [0.2, 0.25) is 0 Å². The van der Waals surface area contributed by atoms with Crippen LogP contribution in [0.3, 0.4) is 0 Å². The summed E-state index contributed by atoms with van der Waals surface area (Å²) in [7, 11) is -2.32. The van der Waals surface area contributed by atoms with E-state index in [9.17, 15) is 13.2 Å². The Kier molecular flexibility index (Phi) is 5.61. The molecule has 7 heteroatoms. The van der Waals surface area contributed by atoms with E-state index in [0.717, 1.165) is 22.3 Å². The minimum Gasteiger partial charge on any atom is -0.494 e. The van der Waals surface area contributed by atoms with Gasteiger partial charge < -0.3 is 10.1 Å². The van der Waals surface area contributed by atoms with Crippen LogP contribution in [-0.2, 0) is 14.8 Å². The summed E-state index contributed by atoms with van der Waals surface area (Å²) in [6.07, 6.45) is 0. The molecule has 0 bridgehead atoms. The predicted octanol–water partition coefficient (Wildman–Crippen LogP) is 3.69. The average molecular weight is 376 g/mol. The van der Waals surface area contributed by atoms with Crippen LogP contribution in [0.1, 0.15) is 29.2 Å². The quantitative estimate of drug-likeness (QED) is 0.833. The molecule has 6 nitrogen and oxygen atoms in total. The lowest BCUT2D eigenvalue weighted by Gasteiger charge is -2.17. The maximum absolute atomic E-state index is 13.0. The van der Waals surface area contributed by atoms with Crippen LogP contribution in [0, 0.1) is 27.7 Å². The number of ether oxygens (including phenoxy) is 1. The van der Waals surface area contributed by atoms with Gasteiger partial charge in [-0.15, -0.1) is 0 Å². The second-order valence-electron chi connectivity index (χ2n) is 6.29. The fourth-order valence-electron chi connectivity index (χ4n) is 2.84. The Hall–Kier alpha value is -2.54. The summed E-state index contributed by atoms with van der Waals surface area (Å²) in [5.74, 6) is 0.132. The van der Waals surface area contributed by atoms with Gasteiger partial charge in [-0.05, 0) is 62.1 Å². The molecule has 0 fully saturated rings. The number of rotatable bonds is 5. The first-order valence-corrected chi connectivity index (χ1v) is 9.61. The van der Waals surface area contributed by atoms with Gasteiger partial charge in [0.2, 0.25) is 5.91 Å². The lowest BCUT2D eigenvalue weighted by atomic mass is 10.0. The standard InChI is InChI=1S/C19H24N2O4S/c1-11-9-12(2)14(4)19(13(11)3)26(23,24)21-16-7-8-17(20-15(5)22)18(10-16)25-6/h7-10,21H,1-6H3,(H,20,22). The number of methoxy groups -OCH3 is 1. The largest absolute Gasteiger partial charge is 0.494 e. The van der Waals surface area contributed by atoms with Gasteiger partial charge in [0.05, 0.1) is 23.4 Å². The molecule has 26 heavy (non-hydrogen) atoms. The number of amides is 1. The normalized spacial score (nSPS) is 11.2. The van der Waals surface area contributed by atoms with E-state index >= 15 is 0 Å². The molecule has 2 aromatic rings. The molecule has 2 rings (SSSR count). The van der Waals surface area contributed by atoms with E-state index in [2.05, 4.69) is 10.0 Å². The van der Waals surface area contributed by atoms with Crippen molar-refractivity contribution in [3.63, 3.8) is 0 Å². The van der Waals surface area contributed by atoms with E-state index in [-0.39, 0.29) is 5.91 Å². The number of nitrogens with one attached hydrogen (secondary N) is 2. The number of anilines is 2. The van der Waals surface area contributed by atoms with Crippen molar-refractivity contribution in [1.82, 2.24) is 0 Å². The lowest BCUT2D eigenvalue weighted by molar-refractivity contribution is -0.114. The first kappa shape index (κ1) is 19.8. The van der Waals surface area contributed by atoms with Crippen molar-refractivity contribution < 1.29 is 17.9 Å². The topological polar surface area (TPSA) is 84.5 Å². The molecule has 0 aromatic heterocycles. The fourth-order valence-corrected chi connectivity index (χ4v) is 4.51. The van der Waals surface area contributed by atoms with Crippen molar-refractivity contribution in [2.75, 3.05) is 17.1 Å². The van der Waals surface area contributed by atoms with Crippen molar-refractivity contribution in [2.24, 2.45) is 0 Å². The predicted molar refractivity (Wildman–Crippen MR) is 103 cm³/mol. The molecule has 0 radical (unpaired) electrons. The monoisotopic (exact) mass is 376 g/mol. The molecule has 0 atom stereocenters. The minimum absolute atomic E-state index is 0.238. The van der Waals surface area contributed by atoms with Gasteiger partial charge in [-0.1, -0.05) is 6.07 Å². The van der Waals surface area contributed by atoms with Gasteiger partial charge in [0.25, 0.3) is 10.0 Å². The first-order chi connectivity index (χ1) is 12.1. The Morgan fingerprint density at radius 1 is 1.00 bits per heavy atom. The minimum atomic E-state index is -3.77. The number of carbonyl (C=O) groups excluding carboxylic acids is 1. The van der Waals surface area contributed by atoms with Crippen LogP contribution >= 0.6 is 0 Å². The number of aryl methyl sites for hydroxylation is 2. The summed E-state index contributed by atoms with van der Waals surface area (Å²) in [6, 6.07) is 6.70. The zero-order valence-electron chi connectivity index (χ0n) is 15.9. The van der Waals surface area contributed by atoms with E-state index in [4.69, 9.17) is 4.74 Å². The highest BCUT2D eigenvalue weighted by atomic mass is 32.2. The molecule has 1 amide bonds. The van der Waals surface area contributed by atoms with Crippen LogP contribution in [0.15, 0.2) is 29.2 Å². The highest BCUT2D eigenvalue weighted by Crippen LogP contribution is 2.31. The number of benzene rings is 2. The van der Waals surface area contributed by atoms with E-state index in [1.165, 1.54) is 20.1 Å². The van der Waals surface area contributed by atoms with Gasteiger partial charge in [-0.25, -0.2) is 8.42 Å². The molecule has 140 valence electrons. The Balaban J connectivity index is 2.47. The van der Waals surface area contributed by atoms with Gasteiger partial charge >= 0.3 is 0 Å². The first-order valence-electron chi connectivity index (χ1n) is 8.12. The number of hydrogen-bond donors (Lipinski definition) is 2. The third-order valence-electron chi connectivity index (χ3n) is 4.33. The van der Waals surface area contributed by atoms with Crippen molar-refractivity contribution in [2.45, 2.75) is 39.5 Å². The molecule has 0 aliphatic heterocycles. The van der Waals surface area contributed by atoms with Crippen molar-refractivity contribution in [3.05, 3.63) is 46.5 Å². The maximum atomic E-state index is 13.0. The molecule has 0 saturated carbocycles. The van der Waals surface area contributed by atoms with Crippen molar-refractivity contribution in [1.29, 1.82) is 0 Å². The Bertz CT molecular complexity index is 940. The highest BCUT2D eigenvalue weighted by Gasteiger charge is 2.22. The summed E-state index contributed by atoms with van der Waals surface area (Å²) in [5, 5.41) is 2.64. The molecular formula is C19H24N2O4S. The number of carbonyl (C=O) groups is 1. The van der Waals surface area contributed by atoms with Gasteiger partial charge in [-0.2, -0.15) is 0 Å². The van der Waals surface area contributed by atoms with Crippen molar-refractivity contribution in [3.8, 4) is 5.75 Å². The molecule has 2 aromatic carbocycles.